The number of carbonyl (C=O) groups excluding carboxylic acids is 1. The molecule has 0 radical (unpaired) electrons. The molecule has 0 bridgehead atoms. The smallest absolute Gasteiger partial charge is 0.293 e. The number of fused-ring (bicyclic) bond motifs is 3. The highest BCUT2D eigenvalue weighted by atomic mass is 16.2. The fraction of sp³-hybridized carbons (Fsp3) is 0.632. The Labute approximate surface area is 158 Å². The van der Waals surface area contributed by atoms with Crippen molar-refractivity contribution in [3.05, 3.63) is 29.6 Å². The molecule has 2 atom stereocenters. The minimum Gasteiger partial charge on any atom is -0.341 e. The summed E-state index contributed by atoms with van der Waals surface area (Å²) in [6.07, 6.45) is 6.93. The van der Waals surface area contributed by atoms with E-state index < -0.39 is 0 Å². The molecule has 0 saturated carbocycles. The third kappa shape index (κ3) is 2.87. The Balaban J connectivity index is 1.31. The molecule has 8 heteroatoms. The lowest BCUT2D eigenvalue weighted by Gasteiger charge is -2.30. The lowest BCUT2D eigenvalue weighted by atomic mass is 9.97. The zero-order chi connectivity index (χ0) is 18.5. The van der Waals surface area contributed by atoms with Crippen LogP contribution in [0.4, 0.5) is 5.95 Å². The highest BCUT2D eigenvalue weighted by Crippen LogP contribution is 2.42. The third-order valence-corrected chi connectivity index (χ3v) is 6.33. The standard InChI is InChI=1S/C19H25N7O/c1-12-3-5-25(6-4-12)19-20-8-14-15-10-26(9-13(15)7-16(14)22-19)18(27)17-21-11-24(2)23-17/h8,11-13,15H,3-7,9-10H2,1-2H3. The van der Waals surface area contributed by atoms with Gasteiger partial charge in [-0.3, -0.25) is 9.48 Å². The molecule has 4 heterocycles. The zero-order valence-corrected chi connectivity index (χ0v) is 15.9. The van der Waals surface area contributed by atoms with Crippen LogP contribution in [-0.4, -0.2) is 61.7 Å². The molecule has 142 valence electrons. The molecule has 3 aliphatic rings. The minimum atomic E-state index is -0.0773. The van der Waals surface area contributed by atoms with Gasteiger partial charge in [-0.05, 0) is 36.7 Å². The second-order valence-electron chi connectivity index (χ2n) is 8.26. The minimum absolute atomic E-state index is 0.0773. The largest absolute Gasteiger partial charge is 0.341 e. The Kier molecular flexibility index (Phi) is 3.87. The van der Waals surface area contributed by atoms with E-state index in [0.717, 1.165) is 37.9 Å². The van der Waals surface area contributed by atoms with Crippen molar-refractivity contribution < 1.29 is 4.79 Å². The Morgan fingerprint density at radius 3 is 2.74 bits per heavy atom. The number of amides is 1. The number of aromatic nitrogens is 5. The van der Waals surface area contributed by atoms with E-state index in [1.807, 2.05) is 11.1 Å². The average molecular weight is 367 g/mol. The van der Waals surface area contributed by atoms with E-state index in [1.54, 1.807) is 18.1 Å². The fourth-order valence-electron chi connectivity index (χ4n) is 4.67. The van der Waals surface area contributed by atoms with Gasteiger partial charge in [0.15, 0.2) is 0 Å². The molecular weight excluding hydrogens is 342 g/mol. The normalized spacial score (nSPS) is 25.0. The van der Waals surface area contributed by atoms with Crippen molar-refractivity contribution in [2.75, 3.05) is 31.1 Å². The maximum absolute atomic E-state index is 12.6. The molecule has 2 saturated heterocycles. The van der Waals surface area contributed by atoms with Crippen LogP contribution in [0.3, 0.4) is 0 Å². The van der Waals surface area contributed by atoms with Crippen LogP contribution >= 0.6 is 0 Å². The number of likely N-dealkylation sites (tertiary alicyclic amines) is 1. The van der Waals surface area contributed by atoms with Crippen molar-refractivity contribution in [1.29, 1.82) is 0 Å². The summed E-state index contributed by atoms with van der Waals surface area (Å²) < 4.78 is 1.57. The van der Waals surface area contributed by atoms with Gasteiger partial charge in [0.2, 0.25) is 11.8 Å². The van der Waals surface area contributed by atoms with Gasteiger partial charge >= 0.3 is 0 Å². The second kappa shape index (κ2) is 6.28. The lowest BCUT2D eigenvalue weighted by molar-refractivity contribution is 0.0772. The molecule has 2 fully saturated rings. The first-order valence-electron chi connectivity index (χ1n) is 9.84. The van der Waals surface area contributed by atoms with E-state index in [-0.39, 0.29) is 11.7 Å². The summed E-state index contributed by atoms with van der Waals surface area (Å²) in [5, 5.41) is 4.15. The Hall–Kier alpha value is -2.51. The summed E-state index contributed by atoms with van der Waals surface area (Å²) in [5.41, 5.74) is 2.40. The van der Waals surface area contributed by atoms with Crippen LogP contribution in [0.1, 0.15) is 47.6 Å². The number of hydrogen-bond acceptors (Lipinski definition) is 6. The van der Waals surface area contributed by atoms with Crippen LogP contribution in [0, 0.1) is 11.8 Å². The molecule has 27 heavy (non-hydrogen) atoms. The first-order valence-corrected chi connectivity index (χ1v) is 9.84. The van der Waals surface area contributed by atoms with Gasteiger partial charge in [-0.2, -0.15) is 0 Å². The number of carbonyl (C=O) groups is 1. The molecule has 2 unspecified atom stereocenters. The van der Waals surface area contributed by atoms with Gasteiger partial charge < -0.3 is 9.80 Å². The second-order valence-corrected chi connectivity index (χ2v) is 8.26. The van der Waals surface area contributed by atoms with E-state index >= 15 is 0 Å². The van der Waals surface area contributed by atoms with E-state index in [4.69, 9.17) is 4.98 Å². The van der Waals surface area contributed by atoms with Crippen molar-refractivity contribution in [3.8, 4) is 0 Å². The van der Waals surface area contributed by atoms with Crippen LogP contribution in [0.2, 0.25) is 0 Å². The van der Waals surface area contributed by atoms with Crippen molar-refractivity contribution in [1.82, 2.24) is 29.6 Å². The van der Waals surface area contributed by atoms with Gasteiger partial charge in [-0.25, -0.2) is 15.0 Å². The van der Waals surface area contributed by atoms with Crippen LogP contribution in [0.25, 0.3) is 0 Å². The van der Waals surface area contributed by atoms with Gasteiger partial charge in [0.1, 0.15) is 6.33 Å². The Morgan fingerprint density at radius 1 is 1.19 bits per heavy atom. The molecule has 0 N–H and O–H groups in total. The van der Waals surface area contributed by atoms with Crippen LogP contribution in [0.5, 0.6) is 0 Å². The SMILES string of the molecule is CC1CCN(c2ncc3c(n2)CC2CN(C(=O)c4ncn(C)n4)CC32)CC1. The summed E-state index contributed by atoms with van der Waals surface area (Å²) in [6.45, 7) is 5.86. The van der Waals surface area contributed by atoms with Gasteiger partial charge in [-0.1, -0.05) is 6.92 Å². The number of anilines is 1. The first kappa shape index (κ1) is 16.6. The number of aryl methyl sites for hydroxylation is 1. The highest BCUT2D eigenvalue weighted by Gasteiger charge is 2.43. The molecule has 0 aromatic carbocycles. The summed E-state index contributed by atoms with van der Waals surface area (Å²) in [4.78, 5) is 30.5. The predicted molar refractivity (Wildman–Crippen MR) is 99.5 cm³/mol. The molecule has 8 nitrogen and oxygen atoms in total. The van der Waals surface area contributed by atoms with Crippen molar-refractivity contribution in [2.45, 2.75) is 32.1 Å². The van der Waals surface area contributed by atoms with Crippen molar-refractivity contribution >= 4 is 11.9 Å². The molecule has 1 amide bonds. The summed E-state index contributed by atoms with van der Waals surface area (Å²) >= 11 is 0. The predicted octanol–water partition coefficient (Wildman–Crippen LogP) is 1.25. The number of rotatable bonds is 2. The lowest BCUT2D eigenvalue weighted by Crippen LogP contribution is -2.34. The topological polar surface area (TPSA) is 80.0 Å². The number of nitrogens with zero attached hydrogens (tertiary/aromatic N) is 7. The first-order chi connectivity index (χ1) is 13.1. The molecule has 2 aromatic heterocycles. The zero-order valence-electron chi connectivity index (χ0n) is 15.9. The van der Waals surface area contributed by atoms with E-state index in [2.05, 4.69) is 26.9 Å². The molecule has 2 aliphatic heterocycles. The van der Waals surface area contributed by atoms with Crippen molar-refractivity contribution in [3.63, 3.8) is 0 Å². The summed E-state index contributed by atoms with van der Waals surface area (Å²) in [6, 6.07) is 0. The van der Waals surface area contributed by atoms with E-state index in [1.165, 1.54) is 24.1 Å². The highest BCUT2D eigenvalue weighted by molar-refractivity contribution is 5.90. The molecule has 2 aromatic rings. The quantitative estimate of drug-likeness (QED) is 0.795. The van der Waals surface area contributed by atoms with Crippen LogP contribution in [-0.2, 0) is 13.5 Å². The maximum atomic E-state index is 12.6. The summed E-state index contributed by atoms with van der Waals surface area (Å²) in [7, 11) is 1.77. The third-order valence-electron chi connectivity index (χ3n) is 6.33. The van der Waals surface area contributed by atoms with Gasteiger partial charge in [0.05, 0.1) is 0 Å². The average Bonchev–Trinajstić information content (AvgIpc) is 3.35. The van der Waals surface area contributed by atoms with Gasteiger partial charge in [0, 0.05) is 51.0 Å². The van der Waals surface area contributed by atoms with Gasteiger partial charge in [-0.15, -0.1) is 5.10 Å². The molecule has 0 spiro atoms. The number of piperidine rings is 1. The fourth-order valence-corrected chi connectivity index (χ4v) is 4.67. The van der Waals surface area contributed by atoms with Crippen LogP contribution < -0.4 is 4.90 Å². The molecule has 1 aliphatic carbocycles. The molecule has 5 rings (SSSR count). The monoisotopic (exact) mass is 367 g/mol. The van der Waals surface area contributed by atoms with Crippen LogP contribution in [0.15, 0.2) is 12.5 Å². The Morgan fingerprint density at radius 2 is 2.00 bits per heavy atom. The van der Waals surface area contributed by atoms with E-state index in [9.17, 15) is 4.79 Å². The summed E-state index contributed by atoms with van der Waals surface area (Å²) in [5.74, 6) is 2.65. The molecular formula is C19H25N7O. The maximum Gasteiger partial charge on any atom is 0.293 e. The van der Waals surface area contributed by atoms with Crippen molar-refractivity contribution in [2.24, 2.45) is 18.9 Å². The number of hydrogen-bond donors (Lipinski definition) is 0. The Bertz CT molecular complexity index is 871. The van der Waals surface area contributed by atoms with Gasteiger partial charge in [0.25, 0.3) is 5.91 Å². The van der Waals surface area contributed by atoms with E-state index in [0.29, 0.717) is 18.4 Å².